The Kier molecular flexibility index (Phi) is 4.96. The first-order valence-electron chi connectivity index (χ1n) is 9.51. The quantitative estimate of drug-likeness (QED) is 0.692. The first-order chi connectivity index (χ1) is 13.9. The van der Waals surface area contributed by atoms with Gasteiger partial charge in [0, 0.05) is 25.2 Å². The Bertz CT molecular complexity index is 1090. The van der Waals surface area contributed by atoms with Crippen molar-refractivity contribution in [2.24, 2.45) is 7.05 Å². The molecule has 1 aromatic heterocycles. The number of nitrogens with one attached hydrogen (secondary N) is 1. The summed E-state index contributed by atoms with van der Waals surface area (Å²) in [5.41, 5.74) is 2.81. The summed E-state index contributed by atoms with van der Waals surface area (Å²) in [5.74, 6) is 0.411. The first-order valence-corrected chi connectivity index (χ1v) is 9.51. The molecule has 1 aliphatic rings. The molecule has 150 valence electrons. The van der Waals surface area contributed by atoms with E-state index < -0.39 is 0 Å². The van der Waals surface area contributed by atoms with Gasteiger partial charge in [-0.05, 0) is 67.3 Å². The van der Waals surface area contributed by atoms with Crippen molar-refractivity contribution >= 4 is 11.6 Å². The third-order valence-corrected chi connectivity index (χ3v) is 5.03. The van der Waals surface area contributed by atoms with Crippen molar-refractivity contribution in [3.63, 3.8) is 0 Å². The van der Waals surface area contributed by atoms with Crippen LogP contribution in [-0.2, 0) is 18.4 Å². The normalized spacial score (nSPS) is 13.3. The van der Waals surface area contributed by atoms with Gasteiger partial charge < -0.3 is 10.1 Å². The number of hydrogen-bond donors (Lipinski definition) is 1. The average molecular weight is 395 g/mol. The number of benzene rings is 2. The Balaban J connectivity index is 1.61. The van der Waals surface area contributed by atoms with Crippen molar-refractivity contribution in [2.45, 2.75) is 32.3 Å². The Hall–Kier alpha value is -3.35. The number of halogens is 1. The molecule has 0 saturated heterocycles. The summed E-state index contributed by atoms with van der Waals surface area (Å²) in [6, 6.07) is 13.0. The maximum Gasteiger partial charge on any atom is 0.275 e. The van der Waals surface area contributed by atoms with Crippen molar-refractivity contribution in [3.8, 4) is 11.4 Å². The minimum absolute atomic E-state index is 0.0822. The lowest BCUT2D eigenvalue weighted by molar-refractivity contribution is -0.114. The molecular formula is C22H22FN3O3. The Labute approximate surface area is 167 Å². The summed E-state index contributed by atoms with van der Waals surface area (Å²) in [7, 11) is 1.81. The minimum Gasteiger partial charge on any atom is -0.487 e. The van der Waals surface area contributed by atoms with Crippen LogP contribution in [0.25, 0.3) is 5.69 Å². The van der Waals surface area contributed by atoms with E-state index in [9.17, 15) is 14.0 Å². The lowest BCUT2D eigenvalue weighted by Gasteiger charge is -2.12. The monoisotopic (exact) mass is 395 g/mol. The topological polar surface area (TPSA) is 65.3 Å². The fourth-order valence-electron chi connectivity index (χ4n) is 3.48. The van der Waals surface area contributed by atoms with Crippen LogP contribution in [0.5, 0.6) is 5.75 Å². The fourth-order valence-corrected chi connectivity index (χ4v) is 3.48. The highest BCUT2D eigenvalue weighted by Crippen LogP contribution is 2.40. The molecule has 2 aromatic carbocycles. The van der Waals surface area contributed by atoms with E-state index in [-0.39, 0.29) is 29.8 Å². The highest BCUT2D eigenvalue weighted by Gasteiger charge is 2.33. The summed E-state index contributed by atoms with van der Waals surface area (Å²) >= 11 is 0. The second-order valence-electron chi connectivity index (χ2n) is 7.25. The molecule has 1 fully saturated rings. The van der Waals surface area contributed by atoms with Gasteiger partial charge in [0.25, 0.3) is 5.56 Å². The highest BCUT2D eigenvalue weighted by atomic mass is 19.1. The van der Waals surface area contributed by atoms with E-state index >= 15 is 0 Å². The molecule has 0 aliphatic heterocycles. The number of carbonyl (C=O) groups excluding carboxylic acids is 1. The molecule has 3 aromatic rings. The van der Waals surface area contributed by atoms with Gasteiger partial charge in [-0.3, -0.25) is 14.3 Å². The number of aromatic nitrogens is 2. The lowest BCUT2D eigenvalue weighted by atomic mass is 10.1. The van der Waals surface area contributed by atoms with E-state index in [1.807, 2.05) is 7.05 Å². The van der Waals surface area contributed by atoms with Gasteiger partial charge in [0.2, 0.25) is 5.91 Å². The van der Waals surface area contributed by atoms with Gasteiger partial charge in [-0.2, -0.15) is 0 Å². The second-order valence-corrected chi connectivity index (χ2v) is 7.25. The molecule has 0 radical (unpaired) electrons. The largest absolute Gasteiger partial charge is 0.487 e. The third-order valence-electron chi connectivity index (χ3n) is 5.03. The molecule has 1 N–H and O–H groups in total. The van der Waals surface area contributed by atoms with E-state index in [4.69, 9.17) is 4.74 Å². The highest BCUT2D eigenvalue weighted by molar-refractivity contribution is 5.88. The minimum atomic E-state index is -0.343. The molecule has 0 atom stereocenters. The van der Waals surface area contributed by atoms with Gasteiger partial charge in [-0.25, -0.2) is 9.07 Å². The molecule has 1 aliphatic carbocycles. The fraction of sp³-hybridized carbons (Fsp3) is 0.273. The van der Waals surface area contributed by atoms with Gasteiger partial charge in [-0.1, -0.05) is 0 Å². The number of nitrogens with zero attached hydrogens (tertiary/aromatic N) is 2. The number of carbonyl (C=O) groups is 1. The zero-order chi connectivity index (χ0) is 20.5. The number of hydrogen-bond acceptors (Lipinski definition) is 3. The molecule has 7 heteroatoms. The van der Waals surface area contributed by atoms with Crippen LogP contribution in [0.1, 0.15) is 36.9 Å². The molecule has 29 heavy (non-hydrogen) atoms. The van der Waals surface area contributed by atoms with Crippen molar-refractivity contribution in [1.82, 2.24) is 9.36 Å². The van der Waals surface area contributed by atoms with Crippen LogP contribution in [0.3, 0.4) is 0 Å². The molecule has 6 nitrogen and oxygen atoms in total. The van der Waals surface area contributed by atoms with Gasteiger partial charge in [0.1, 0.15) is 18.2 Å². The van der Waals surface area contributed by atoms with Crippen LogP contribution >= 0.6 is 0 Å². The predicted octanol–water partition coefficient (Wildman–Crippen LogP) is 3.73. The zero-order valence-corrected chi connectivity index (χ0v) is 16.3. The summed E-state index contributed by atoms with van der Waals surface area (Å²) in [5, 5.41) is 2.71. The molecule has 1 amide bonds. The molecule has 0 bridgehead atoms. The van der Waals surface area contributed by atoms with E-state index in [2.05, 4.69) is 5.32 Å². The lowest BCUT2D eigenvalue weighted by Crippen LogP contribution is -2.20. The van der Waals surface area contributed by atoms with Gasteiger partial charge in [-0.15, -0.1) is 0 Å². The Morgan fingerprint density at radius 3 is 2.38 bits per heavy atom. The SMILES string of the molecule is CC(=O)Nc1ccc(OCc2c(C3CC3)c(=O)n(-c3ccc(F)cc3)n2C)cc1. The maximum atomic E-state index is 13.3. The van der Waals surface area contributed by atoms with Crippen LogP contribution in [0.2, 0.25) is 0 Å². The van der Waals surface area contributed by atoms with Crippen molar-refractivity contribution in [1.29, 1.82) is 0 Å². The van der Waals surface area contributed by atoms with Crippen molar-refractivity contribution < 1.29 is 13.9 Å². The molecular weight excluding hydrogens is 373 g/mol. The van der Waals surface area contributed by atoms with Crippen molar-refractivity contribution in [3.05, 3.63) is 76.0 Å². The average Bonchev–Trinajstić information content (AvgIpc) is 3.48. The molecule has 4 rings (SSSR count). The first kappa shape index (κ1) is 19.0. The standard InChI is InChI=1S/C22H22FN3O3/c1-14(27)24-17-7-11-19(12-8-17)29-13-20-21(15-3-4-15)22(28)26(25(20)2)18-9-5-16(23)6-10-18/h5-12,15H,3-4,13H2,1-2H3,(H,24,27). The van der Waals surface area contributed by atoms with E-state index in [0.717, 1.165) is 24.1 Å². The summed E-state index contributed by atoms with van der Waals surface area (Å²) in [6.07, 6.45) is 1.97. The number of rotatable bonds is 6. The smallest absolute Gasteiger partial charge is 0.275 e. The van der Waals surface area contributed by atoms with E-state index in [0.29, 0.717) is 17.1 Å². The van der Waals surface area contributed by atoms with Crippen LogP contribution in [0.15, 0.2) is 53.3 Å². The van der Waals surface area contributed by atoms with E-state index in [1.165, 1.54) is 19.1 Å². The summed E-state index contributed by atoms with van der Waals surface area (Å²) < 4.78 is 22.6. The van der Waals surface area contributed by atoms with E-state index in [1.54, 1.807) is 45.8 Å². The Morgan fingerprint density at radius 1 is 1.14 bits per heavy atom. The summed E-state index contributed by atoms with van der Waals surface area (Å²) in [6.45, 7) is 1.70. The van der Waals surface area contributed by atoms with Crippen LogP contribution < -0.4 is 15.6 Å². The predicted molar refractivity (Wildman–Crippen MR) is 108 cm³/mol. The second kappa shape index (κ2) is 7.58. The van der Waals surface area contributed by atoms with Crippen molar-refractivity contribution in [2.75, 3.05) is 5.32 Å². The Morgan fingerprint density at radius 2 is 1.79 bits per heavy atom. The maximum absolute atomic E-state index is 13.3. The van der Waals surface area contributed by atoms with Crippen LogP contribution in [0, 0.1) is 5.82 Å². The van der Waals surface area contributed by atoms with Gasteiger partial charge in [0.05, 0.1) is 11.4 Å². The third kappa shape index (κ3) is 3.94. The summed E-state index contributed by atoms with van der Waals surface area (Å²) in [4.78, 5) is 24.2. The van der Waals surface area contributed by atoms with Gasteiger partial charge in [0.15, 0.2) is 0 Å². The molecule has 0 spiro atoms. The molecule has 1 saturated carbocycles. The van der Waals surface area contributed by atoms with Gasteiger partial charge >= 0.3 is 0 Å². The zero-order valence-electron chi connectivity index (χ0n) is 16.3. The number of anilines is 1. The van der Waals surface area contributed by atoms with Crippen LogP contribution in [0.4, 0.5) is 10.1 Å². The number of amides is 1. The van der Waals surface area contributed by atoms with Crippen LogP contribution in [-0.4, -0.2) is 15.3 Å². The number of ether oxygens (including phenoxy) is 1. The molecule has 0 unspecified atom stereocenters. The molecule has 1 heterocycles.